The fraction of sp³-hybridized carbons (Fsp3) is 0.300. The highest BCUT2D eigenvalue weighted by molar-refractivity contribution is 7.92. The number of primary amides is 1. The van der Waals surface area contributed by atoms with Crippen molar-refractivity contribution in [2.45, 2.75) is 26.7 Å². The van der Waals surface area contributed by atoms with E-state index in [4.69, 9.17) is 5.73 Å². The molecule has 8 heteroatoms. The molecule has 0 radical (unpaired) electrons. The number of hydrogen-bond acceptors (Lipinski definition) is 4. The quantitative estimate of drug-likeness (QED) is 0.706. The topological polar surface area (TPSA) is 110 Å². The SMILES string of the molecule is Cc1cccc(N(CCCC(=O)Nc2cccc(C(N)=O)c2C)S(C)(=O)=O)c1. The van der Waals surface area contributed by atoms with Crippen LogP contribution < -0.4 is 15.4 Å². The molecule has 150 valence electrons. The van der Waals surface area contributed by atoms with E-state index in [0.29, 0.717) is 28.9 Å². The van der Waals surface area contributed by atoms with Gasteiger partial charge in [-0.05, 0) is 55.7 Å². The number of carbonyl (C=O) groups is 2. The Morgan fingerprint density at radius 1 is 1.11 bits per heavy atom. The maximum atomic E-state index is 12.3. The van der Waals surface area contributed by atoms with Gasteiger partial charge in [0.15, 0.2) is 0 Å². The van der Waals surface area contributed by atoms with Crippen LogP contribution in [-0.4, -0.2) is 33.0 Å². The molecule has 2 aromatic carbocycles. The summed E-state index contributed by atoms with van der Waals surface area (Å²) < 4.78 is 25.6. The van der Waals surface area contributed by atoms with E-state index in [9.17, 15) is 18.0 Å². The van der Waals surface area contributed by atoms with Gasteiger partial charge in [-0.3, -0.25) is 13.9 Å². The second-order valence-corrected chi connectivity index (χ2v) is 8.58. The Balaban J connectivity index is 2.02. The summed E-state index contributed by atoms with van der Waals surface area (Å²) in [5.41, 5.74) is 8.31. The number of amides is 2. The van der Waals surface area contributed by atoms with Crippen molar-refractivity contribution in [1.82, 2.24) is 0 Å². The number of nitrogens with one attached hydrogen (secondary N) is 1. The number of nitrogens with two attached hydrogens (primary N) is 1. The van der Waals surface area contributed by atoms with Gasteiger partial charge in [0.25, 0.3) is 0 Å². The van der Waals surface area contributed by atoms with Crippen LogP contribution in [0.5, 0.6) is 0 Å². The third-order valence-electron chi connectivity index (χ3n) is 4.33. The predicted octanol–water partition coefficient (Wildman–Crippen LogP) is 2.59. The number of nitrogens with zero attached hydrogens (tertiary/aromatic N) is 1. The molecule has 2 aromatic rings. The van der Waals surface area contributed by atoms with Crippen LogP contribution in [0, 0.1) is 13.8 Å². The minimum atomic E-state index is -3.46. The van der Waals surface area contributed by atoms with E-state index in [0.717, 1.165) is 11.8 Å². The van der Waals surface area contributed by atoms with Gasteiger partial charge in [0.2, 0.25) is 21.8 Å². The van der Waals surface area contributed by atoms with E-state index >= 15 is 0 Å². The van der Waals surface area contributed by atoms with Gasteiger partial charge in [-0.1, -0.05) is 18.2 Å². The van der Waals surface area contributed by atoms with E-state index in [1.807, 2.05) is 13.0 Å². The van der Waals surface area contributed by atoms with E-state index in [2.05, 4.69) is 5.32 Å². The third kappa shape index (κ3) is 5.56. The molecule has 2 amide bonds. The highest BCUT2D eigenvalue weighted by Crippen LogP contribution is 2.21. The van der Waals surface area contributed by atoms with Gasteiger partial charge in [-0.2, -0.15) is 0 Å². The summed E-state index contributed by atoms with van der Waals surface area (Å²) in [6.07, 6.45) is 1.63. The monoisotopic (exact) mass is 403 g/mol. The van der Waals surface area contributed by atoms with Crippen LogP contribution in [0.1, 0.15) is 34.3 Å². The molecular formula is C20H25N3O4S. The van der Waals surface area contributed by atoms with Crippen molar-refractivity contribution in [1.29, 1.82) is 0 Å². The molecule has 0 atom stereocenters. The maximum absolute atomic E-state index is 12.3. The molecule has 0 aliphatic heterocycles. The number of benzene rings is 2. The molecule has 0 aromatic heterocycles. The summed E-state index contributed by atoms with van der Waals surface area (Å²) in [5.74, 6) is -0.821. The summed E-state index contributed by atoms with van der Waals surface area (Å²) in [7, 11) is -3.46. The first-order valence-corrected chi connectivity index (χ1v) is 10.7. The summed E-state index contributed by atoms with van der Waals surface area (Å²) in [6.45, 7) is 3.79. The predicted molar refractivity (Wildman–Crippen MR) is 111 cm³/mol. The lowest BCUT2D eigenvalue weighted by atomic mass is 10.1. The van der Waals surface area contributed by atoms with Crippen LogP contribution in [0.15, 0.2) is 42.5 Å². The molecule has 0 unspecified atom stereocenters. The Labute approximate surface area is 165 Å². The molecule has 3 N–H and O–H groups in total. The highest BCUT2D eigenvalue weighted by Gasteiger charge is 2.18. The van der Waals surface area contributed by atoms with Crippen molar-refractivity contribution >= 4 is 33.2 Å². The first-order chi connectivity index (χ1) is 13.1. The molecule has 0 heterocycles. The normalized spacial score (nSPS) is 11.1. The van der Waals surface area contributed by atoms with Crippen LogP contribution in [-0.2, 0) is 14.8 Å². The Hall–Kier alpha value is -2.87. The molecule has 28 heavy (non-hydrogen) atoms. The summed E-state index contributed by atoms with van der Waals surface area (Å²) in [6, 6.07) is 12.1. The lowest BCUT2D eigenvalue weighted by Crippen LogP contribution is -2.31. The molecular weight excluding hydrogens is 378 g/mol. The Morgan fingerprint density at radius 3 is 2.39 bits per heavy atom. The maximum Gasteiger partial charge on any atom is 0.249 e. The number of aryl methyl sites for hydroxylation is 1. The van der Waals surface area contributed by atoms with Crippen molar-refractivity contribution in [3.05, 3.63) is 59.2 Å². The average Bonchev–Trinajstić information content (AvgIpc) is 2.59. The first kappa shape index (κ1) is 21.4. The molecule has 2 rings (SSSR count). The molecule has 0 saturated carbocycles. The number of anilines is 2. The standard InChI is InChI=1S/C20H25N3O4S/c1-14-7-4-8-16(13-14)23(28(3,26)27)12-6-11-19(24)22-18-10-5-9-17(15(18)2)20(21)25/h4-5,7-10,13H,6,11-12H2,1-3H3,(H2,21,25)(H,22,24). The lowest BCUT2D eigenvalue weighted by molar-refractivity contribution is -0.116. The van der Waals surface area contributed by atoms with Crippen LogP contribution in [0.4, 0.5) is 11.4 Å². The van der Waals surface area contributed by atoms with Gasteiger partial charge in [0, 0.05) is 24.2 Å². The van der Waals surface area contributed by atoms with Gasteiger partial charge >= 0.3 is 0 Å². The summed E-state index contributed by atoms with van der Waals surface area (Å²) >= 11 is 0. The largest absolute Gasteiger partial charge is 0.366 e. The zero-order valence-electron chi connectivity index (χ0n) is 16.2. The number of hydrogen-bond donors (Lipinski definition) is 2. The molecule has 0 bridgehead atoms. The van der Waals surface area contributed by atoms with Crippen LogP contribution in [0.2, 0.25) is 0 Å². The lowest BCUT2D eigenvalue weighted by Gasteiger charge is -2.22. The molecule has 7 nitrogen and oxygen atoms in total. The molecule has 0 spiro atoms. The Morgan fingerprint density at radius 2 is 1.79 bits per heavy atom. The zero-order chi connectivity index (χ0) is 20.9. The van der Waals surface area contributed by atoms with Crippen molar-refractivity contribution in [3.8, 4) is 0 Å². The van der Waals surface area contributed by atoms with Crippen molar-refractivity contribution in [2.75, 3.05) is 22.4 Å². The van der Waals surface area contributed by atoms with E-state index < -0.39 is 15.9 Å². The number of rotatable bonds is 8. The van der Waals surface area contributed by atoms with E-state index in [1.165, 1.54) is 4.31 Å². The molecule has 0 saturated heterocycles. The van der Waals surface area contributed by atoms with Crippen molar-refractivity contribution < 1.29 is 18.0 Å². The second kappa shape index (κ2) is 8.88. The highest BCUT2D eigenvalue weighted by atomic mass is 32.2. The average molecular weight is 404 g/mol. The van der Waals surface area contributed by atoms with E-state index in [1.54, 1.807) is 43.3 Å². The zero-order valence-corrected chi connectivity index (χ0v) is 17.0. The third-order valence-corrected chi connectivity index (χ3v) is 5.52. The van der Waals surface area contributed by atoms with Crippen LogP contribution in [0.25, 0.3) is 0 Å². The Bertz CT molecular complexity index is 987. The van der Waals surface area contributed by atoms with Crippen molar-refractivity contribution in [3.63, 3.8) is 0 Å². The molecule has 0 aliphatic carbocycles. The smallest absolute Gasteiger partial charge is 0.249 e. The fourth-order valence-electron chi connectivity index (χ4n) is 2.90. The van der Waals surface area contributed by atoms with Gasteiger partial charge in [-0.15, -0.1) is 0 Å². The van der Waals surface area contributed by atoms with Gasteiger partial charge in [0.05, 0.1) is 11.9 Å². The van der Waals surface area contributed by atoms with Gasteiger partial charge in [0.1, 0.15) is 0 Å². The van der Waals surface area contributed by atoms with Crippen LogP contribution in [0.3, 0.4) is 0 Å². The number of carbonyl (C=O) groups excluding carboxylic acids is 2. The van der Waals surface area contributed by atoms with Crippen LogP contribution >= 0.6 is 0 Å². The summed E-state index contributed by atoms with van der Waals surface area (Å²) in [4.78, 5) is 23.7. The van der Waals surface area contributed by atoms with Crippen molar-refractivity contribution in [2.24, 2.45) is 5.73 Å². The molecule has 0 fully saturated rings. The minimum absolute atomic E-state index is 0.137. The minimum Gasteiger partial charge on any atom is -0.366 e. The summed E-state index contributed by atoms with van der Waals surface area (Å²) in [5, 5.41) is 2.75. The first-order valence-electron chi connectivity index (χ1n) is 8.83. The number of sulfonamides is 1. The second-order valence-electron chi connectivity index (χ2n) is 6.67. The Kier molecular flexibility index (Phi) is 6.80. The van der Waals surface area contributed by atoms with Gasteiger partial charge in [-0.25, -0.2) is 8.42 Å². The van der Waals surface area contributed by atoms with Gasteiger partial charge < -0.3 is 11.1 Å². The fourth-order valence-corrected chi connectivity index (χ4v) is 3.86. The molecule has 0 aliphatic rings. The van der Waals surface area contributed by atoms with E-state index in [-0.39, 0.29) is 18.9 Å².